The van der Waals surface area contributed by atoms with Crippen LogP contribution in [0.5, 0.6) is 11.5 Å². The molecule has 0 atom stereocenters. The molecule has 27 heavy (non-hydrogen) atoms. The van der Waals surface area contributed by atoms with Gasteiger partial charge in [-0.05, 0) is 24.3 Å². The zero-order valence-electron chi connectivity index (χ0n) is 13.8. The maximum atomic E-state index is 12.8. The maximum Gasteiger partial charge on any atom is 0.243 e. The lowest BCUT2D eigenvalue weighted by molar-refractivity contribution is 0.104. The molecule has 6 nitrogen and oxygen atoms in total. The highest BCUT2D eigenvalue weighted by Gasteiger charge is 2.23. The summed E-state index contributed by atoms with van der Waals surface area (Å²) < 4.78 is 11.5. The van der Waals surface area contributed by atoms with Gasteiger partial charge in [0, 0.05) is 21.8 Å². The van der Waals surface area contributed by atoms with Crippen molar-refractivity contribution >= 4 is 55.1 Å². The Balaban J connectivity index is 1.69. The van der Waals surface area contributed by atoms with Crippen LogP contribution in [-0.2, 0) is 0 Å². The summed E-state index contributed by atoms with van der Waals surface area (Å²) >= 11 is 4.52. The van der Waals surface area contributed by atoms with Crippen molar-refractivity contribution < 1.29 is 14.3 Å². The van der Waals surface area contributed by atoms with E-state index in [-0.39, 0.29) is 24.0 Å². The number of carbonyl (C=O) groups is 1. The van der Waals surface area contributed by atoms with Crippen molar-refractivity contribution in [2.45, 2.75) is 0 Å². The van der Waals surface area contributed by atoms with Crippen LogP contribution < -0.4 is 20.5 Å². The minimum atomic E-state index is -0.220. The van der Waals surface area contributed by atoms with E-state index in [2.05, 4.69) is 26.1 Å². The minimum Gasteiger partial charge on any atom is -0.454 e. The van der Waals surface area contributed by atoms with Crippen molar-refractivity contribution in [1.82, 2.24) is 0 Å². The Morgan fingerprint density at radius 3 is 2.81 bits per heavy atom. The molecule has 1 aliphatic heterocycles. The van der Waals surface area contributed by atoms with Crippen LogP contribution >= 0.6 is 27.3 Å². The third kappa shape index (κ3) is 3.23. The average Bonchev–Trinajstić information content (AvgIpc) is 3.25. The van der Waals surface area contributed by atoms with Crippen LogP contribution in [0, 0.1) is 6.57 Å². The second kappa shape index (κ2) is 6.95. The van der Waals surface area contributed by atoms with Gasteiger partial charge in [0.15, 0.2) is 11.5 Å². The van der Waals surface area contributed by atoms with Gasteiger partial charge in [0.25, 0.3) is 0 Å². The molecule has 1 aliphatic rings. The van der Waals surface area contributed by atoms with Crippen LogP contribution in [0.15, 0.2) is 46.9 Å². The number of anilines is 3. The Labute approximate surface area is 167 Å². The van der Waals surface area contributed by atoms with Gasteiger partial charge in [0.05, 0.1) is 17.1 Å². The van der Waals surface area contributed by atoms with E-state index in [1.54, 1.807) is 30.3 Å². The number of ketones is 1. The first-order valence-electron chi connectivity index (χ1n) is 7.83. The molecule has 0 saturated heterocycles. The molecule has 0 saturated carbocycles. The van der Waals surface area contributed by atoms with Crippen molar-refractivity contribution in [3.05, 3.63) is 68.8 Å². The van der Waals surface area contributed by atoms with Crippen LogP contribution in [0.4, 0.5) is 22.1 Å². The number of nitrogens with two attached hydrogens (primary N) is 1. The molecule has 1 aromatic heterocycles. The van der Waals surface area contributed by atoms with Crippen molar-refractivity contribution in [3.63, 3.8) is 0 Å². The summed E-state index contributed by atoms with van der Waals surface area (Å²) in [6.07, 6.45) is 0. The van der Waals surface area contributed by atoms with E-state index in [1.807, 2.05) is 12.1 Å². The lowest BCUT2D eigenvalue weighted by Gasteiger charge is -2.05. The summed E-state index contributed by atoms with van der Waals surface area (Å²) in [5, 5.41) is 3.67. The highest BCUT2D eigenvalue weighted by Crippen LogP contribution is 2.46. The summed E-state index contributed by atoms with van der Waals surface area (Å²) in [5.74, 6) is 1.07. The monoisotopic (exact) mass is 441 g/mol. The zero-order valence-corrected chi connectivity index (χ0v) is 16.2. The molecule has 3 aromatic rings. The summed E-state index contributed by atoms with van der Waals surface area (Å²) in [6, 6.07) is 12.4. The highest BCUT2D eigenvalue weighted by molar-refractivity contribution is 9.10. The SMILES string of the molecule is [C-]#[N+]c1c(Nc2ccc3c(c2)OCO3)sc(C(=O)c2cccc(Br)c2)c1N. The van der Waals surface area contributed by atoms with E-state index in [0.717, 1.165) is 15.8 Å². The predicted octanol–water partition coefficient (Wildman–Crippen LogP) is 5.35. The molecule has 3 N–H and O–H groups in total. The van der Waals surface area contributed by atoms with Gasteiger partial charge < -0.3 is 20.5 Å². The minimum absolute atomic E-state index is 0.184. The fourth-order valence-corrected chi connectivity index (χ4v) is 4.11. The number of rotatable bonds is 4. The van der Waals surface area contributed by atoms with Crippen LogP contribution in [0.2, 0.25) is 0 Å². The summed E-state index contributed by atoms with van der Waals surface area (Å²) in [4.78, 5) is 16.7. The van der Waals surface area contributed by atoms with Gasteiger partial charge in [0.1, 0.15) is 5.00 Å². The molecule has 0 amide bonds. The number of nitrogens with zero attached hydrogens (tertiary/aromatic N) is 1. The lowest BCUT2D eigenvalue weighted by atomic mass is 10.1. The molecule has 0 radical (unpaired) electrons. The van der Waals surface area contributed by atoms with Crippen molar-refractivity contribution in [2.75, 3.05) is 17.8 Å². The van der Waals surface area contributed by atoms with Crippen LogP contribution in [0.3, 0.4) is 0 Å². The van der Waals surface area contributed by atoms with Gasteiger partial charge in [-0.15, -0.1) is 11.3 Å². The second-order valence-electron chi connectivity index (χ2n) is 5.67. The number of nitrogens with one attached hydrogen (secondary N) is 1. The zero-order chi connectivity index (χ0) is 19.0. The van der Waals surface area contributed by atoms with Crippen molar-refractivity contribution in [1.29, 1.82) is 0 Å². The number of hydrogen-bond acceptors (Lipinski definition) is 6. The van der Waals surface area contributed by atoms with Crippen molar-refractivity contribution in [2.24, 2.45) is 0 Å². The maximum absolute atomic E-state index is 12.8. The van der Waals surface area contributed by atoms with E-state index in [9.17, 15) is 4.79 Å². The van der Waals surface area contributed by atoms with Gasteiger partial charge in [-0.25, -0.2) is 4.85 Å². The Bertz CT molecular complexity index is 1100. The number of benzene rings is 2. The number of nitrogen functional groups attached to an aromatic ring is 1. The first-order valence-corrected chi connectivity index (χ1v) is 9.44. The van der Waals surface area contributed by atoms with E-state index in [0.29, 0.717) is 32.6 Å². The highest BCUT2D eigenvalue weighted by atomic mass is 79.9. The van der Waals surface area contributed by atoms with Gasteiger partial charge in [-0.1, -0.05) is 28.1 Å². The fourth-order valence-electron chi connectivity index (χ4n) is 2.67. The second-order valence-corrected chi connectivity index (χ2v) is 7.60. The topological polar surface area (TPSA) is 77.9 Å². The summed E-state index contributed by atoms with van der Waals surface area (Å²) in [6.45, 7) is 7.64. The fraction of sp³-hybridized carbons (Fsp3) is 0.0526. The number of thiophene rings is 1. The molecule has 0 fully saturated rings. The Hall–Kier alpha value is -3.02. The number of carbonyl (C=O) groups excluding carboxylic acids is 1. The molecule has 134 valence electrons. The third-order valence-corrected chi connectivity index (χ3v) is 5.56. The Morgan fingerprint density at radius 2 is 2.04 bits per heavy atom. The van der Waals surface area contributed by atoms with E-state index in [4.69, 9.17) is 21.8 Å². The number of halogens is 1. The quantitative estimate of drug-likeness (QED) is 0.421. The first-order chi connectivity index (χ1) is 13.1. The predicted molar refractivity (Wildman–Crippen MR) is 108 cm³/mol. The Morgan fingerprint density at radius 1 is 1.22 bits per heavy atom. The van der Waals surface area contributed by atoms with Crippen LogP contribution in [0.25, 0.3) is 4.85 Å². The third-order valence-electron chi connectivity index (χ3n) is 3.95. The van der Waals surface area contributed by atoms with Crippen LogP contribution in [-0.4, -0.2) is 12.6 Å². The van der Waals surface area contributed by atoms with Gasteiger partial charge in [0.2, 0.25) is 18.3 Å². The Kier molecular flexibility index (Phi) is 4.48. The van der Waals surface area contributed by atoms with Crippen LogP contribution in [0.1, 0.15) is 15.2 Å². The molecule has 2 heterocycles. The molecular formula is C19H12BrN3O3S. The molecule has 0 bridgehead atoms. The molecule has 0 unspecified atom stereocenters. The van der Waals surface area contributed by atoms with Gasteiger partial charge in [-0.3, -0.25) is 4.79 Å². The molecule has 4 rings (SSSR count). The number of hydrogen-bond donors (Lipinski definition) is 2. The van der Waals surface area contributed by atoms with Gasteiger partial charge >= 0.3 is 0 Å². The molecular weight excluding hydrogens is 430 g/mol. The lowest BCUT2D eigenvalue weighted by Crippen LogP contribution is -2.01. The summed E-state index contributed by atoms with van der Waals surface area (Å²) in [5.41, 5.74) is 7.75. The average molecular weight is 442 g/mol. The molecule has 2 aromatic carbocycles. The number of ether oxygens (including phenoxy) is 2. The van der Waals surface area contributed by atoms with E-state index >= 15 is 0 Å². The standard InChI is InChI=1S/C19H12BrN3O3S/c1-22-16-15(21)18(17(24)10-3-2-4-11(20)7-10)27-19(16)23-12-5-6-13-14(8-12)26-9-25-13/h2-8,23H,9,21H2. The number of fused-ring (bicyclic) bond motifs is 1. The normalized spacial score (nSPS) is 11.9. The molecule has 0 spiro atoms. The van der Waals surface area contributed by atoms with Crippen molar-refractivity contribution in [3.8, 4) is 11.5 Å². The molecule has 8 heteroatoms. The smallest absolute Gasteiger partial charge is 0.243 e. The van der Waals surface area contributed by atoms with Gasteiger partial charge in [-0.2, -0.15) is 0 Å². The summed E-state index contributed by atoms with van der Waals surface area (Å²) in [7, 11) is 0. The van der Waals surface area contributed by atoms with E-state index in [1.165, 1.54) is 0 Å². The first kappa shape index (κ1) is 17.4. The van der Waals surface area contributed by atoms with E-state index < -0.39 is 0 Å². The molecule has 0 aliphatic carbocycles. The largest absolute Gasteiger partial charge is 0.454 e.